The van der Waals surface area contributed by atoms with Crippen molar-refractivity contribution in [2.75, 3.05) is 7.11 Å². The zero-order valence-corrected chi connectivity index (χ0v) is 10.2. The molecule has 0 bridgehead atoms. The van der Waals surface area contributed by atoms with Crippen LogP contribution in [-0.2, 0) is 21.2 Å². The van der Waals surface area contributed by atoms with Crippen LogP contribution in [0, 0.1) is 0 Å². The highest BCUT2D eigenvalue weighted by molar-refractivity contribution is 8.13. The first-order chi connectivity index (χ1) is 7.06. The summed E-state index contributed by atoms with van der Waals surface area (Å²) in [5, 5.41) is 4.12. The van der Waals surface area contributed by atoms with E-state index in [2.05, 4.69) is 9.99 Å². The molecule has 0 aromatic heterocycles. The Morgan fingerprint density at radius 1 is 1.40 bits per heavy atom. The Morgan fingerprint density at radius 2 is 2.00 bits per heavy atom. The fourth-order valence-electron chi connectivity index (χ4n) is 0.993. The molecule has 0 saturated carbocycles. The van der Waals surface area contributed by atoms with Gasteiger partial charge in [0, 0.05) is 12.2 Å². The third-order valence-electron chi connectivity index (χ3n) is 1.56. The first kappa shape index (κ1) is 12.2. The molecule has 0 heterocycles. The third-order valence-corrected chi connectivity index (χ3v) is 3.88. The molecular formula is C9H12NO3PS. The summed E-state index contributed by atoms with van der Waals surface area (Å²) in [5.74, 6) is 0.215. The van der Waals surface area contributed by atoms with E-state index in [1.165, 1.54) is 7.11 Å². The molecule has 0 saturated heterocycles. The van der Waals surface area contributed by atoms with Crippen molar-refractivity contribution in [3.8, 4) is 0 Å². The Kier molecular flexibility index (Phi) is 4.27. The van der Waals surface area contributed by atoms with Gasteiger partial charge in [0.05, 0.1) is 0 Å². The fraction of sp³-hybridized carbons (Fsp3) is 0.222. The molecule has 0 radical (unpaired) electrons. The zero-order valence-electron chi connectivity index (χ0n) is 8.45. The van der Waals surface area contributed by atoms with Crippen molar-refractivity contribution >= 4 is 29.5 Å². The van der Waals surface area contributed by atoms with E-state index >= 15 is 0 Å². The van der Waals surface area contributed by atoms with Gasteiger partial charge in [-0.25, -0.2) is 0 Å². The smallest absolute Gasteiger partial charge is 0.267 e. The molecule has 0 amide bonds. The highest BCUT2D eigenvalue weighted by Gasteiger charge is 2.18. The Balaban J connectivity index is 2.85. The first-order valence-corrected chi connectivity index (χ1v) is 6.89. The van der Waals surface area contributed by atoms with Crippen LogP contribution in [0.5, 0.6) is 0 Å². The Bertz CT molecular complexity index is 394. The lowest BCUT2D eigenvalue weighted by Crippen LogP contribution is -2.09. The normalized spacial score (nSPS) is 15.5. The van der Waals surface area contributed by atoms with Gasteiger partial charge in [-0.3, -0.25) is 0 Å². The number of hydrogen-bond acceptors (Lipinski definition) is 4. The average molecular weight is 245 g/mol. The second-order valence-corrected chi connectivity index (χ2v) is 5.96. The summed E-state index contributed by atoms with van der Waals surface area (Å²) in [6.07, 6.45) is 0. The van der Waals surface area contributed by atoms with E-state index in [-0.39, 0.29) is 5.90 Å². The summed E-state index contributed by atoms with van der Waals surface area (Å²) in [4.78, 5) is 14.5. The van der Waals surface area contributed by atoms with Crippen LogP contribution in [0.1, 0.15) is 6.92 Å². The number of oxime groups is 1. The lowest BCUT2D eigenvalue weighted by Gasteiger charge is -2.15. The maximum atomic E-state index is 9.95. The van der Waals surface area contributed by atoms with Gasteiger partial charge in [0.15, 0.2) is 0 Å². The molecule has 0 aliphatic heterocycles. The zero-order chi connectivity index (χ0) is 11.3. The monoisotopic (exact) mass is 245 g/mol. The maximum absolute atomic E-state index is 9.95. The Morgan fingerprint density at radius 3 is 2.53 bits per heavy atom. The minimum Gasteiger partial charge on any atom is -0.423 e. The van der Waals surface area contributed by atoms with Crippen LogP contribution >= 0.6 is 6.49 Å². The van der Waals surface area contributed by atoms with E-state index in [9.17, 15) is 4.89 Å². The van der Waals surface area contributed by atoms with Crippen molar-refractivity contribution in [2.24, 2.45) is 5.16 Å². The molecule has 82 valence electrons. The van der Waals surface area contributed by atoms with Gasteiger partial charge in [0.1, 0.15) is 7.11 Å². The van der Waals surface area contributed by atoms with E-state index in [1.807, 2.05) is 6.07 Å². The quantitative estimate of drug-likeness (QED) is 0.380. The molecule has 0 aliphatic carbocycles. The van der Waals surface area contributed by atoms with E-state index in [0.29, 0.717) is 5.30 Å². The number of hydrogen-bond donors (Lipinski definition) is 1. The lowest BCUT2D eigenvalue weighted by molar-refractivity contribution is 0.205. The van der Waals surface area contributed by atoms with E-state index in [1.54, 1.807) is 31.2 Å². The summed E-state index contributed by atoms with van der Waals surface area (Å²) in [5.41, 5.74) is 0. The lowest BCUT2D eigenvalue weighted by atomic mass is 10.4. The molecule has 1 aromatic rings. The molecule has 0 spiro atoms. The Hall–Kier alpha value is -0.900. The molecule has 1 unspecified atom stereocenters. The van der Waals surface area contributed by atoms with E-state index < -0.39 is 6.49 Å². The Labute approximate surface area is 93.7 Å². The van der Waals surface area contributed by atoms with Crippen molar-refractivity contribution in [3.05, 3.63) is 30.3 Å². The van der Waals surface area contributed by atoms with Crippen LogP contribution in [0.2, 0.25) is 0 Å². The number of benzene rings is 1. The van der Waals surface area contributed by atoms with Gasteiger partial charge in [-0.15, -0.1) is 0 Å². The number of rotatable bonds is 3. The van der Waals surface area contributed by atoms with Gasteiger partial charge in [0.25, 0.3) is 6.49 Å². The van der Waals surface area contributed by atoms with Crippen LogP contribution in [0.3, 0.4) is 0 Å². The molecule has 15 heavy (non-hydrogen) atoms. The topological polar surface area (TPSA) is 51.0 Å². The van der Waals surface area contributed by atoms with Crippen LogP contribution in [-0.4, -0.2) is 17.9 Å². The van der Waals surface area contributed by atoms with Crippen molar-refractivity contribution in [1.82, 2.24) is 0 Å². The maximum Gasteiger partial charge on any atom is 0.267 e. The summed E-state index contributed by atoms with van der Waals surface area (Å²) in [6, 6.07) is 8.87. The second-order valence-electron chi connectivity index (χ2n) is 2.74. The fourth-order valence-corrected chi connectivity index (χ4v) is 2.73. The third kappa shape index (κ3) is 3.63. The highest BCUT2D eigenvalue weighted by Crippen LogP contribution is 2.41. The predicted molar refractivity (Wildman–Crippen MR) is 63.8 cm³/mol. The molecule has 1 atom stereocenters. The summed E-state index contributed by atoms with van der Waals surface area (Å²) in [7, 11) is 1.40. The highest BCUT2D eigenvalue weighted by atomic mass is 32.5. The minimum atomic E-state index is -3.01. The minimum absolute atomic E-state index is 0.215. The van der Waals surface area contributed by atoms with Gasteiger partial charge >= 0.3 is 0 Å². The average Bonchev–Trinajstić information content (AvgIpc) is 2.18. The van der Waals surface area contributed by atoms with E-state index in [0.717, 1.165) is 0 Å². The molecule has 6 heteroatoms. The van der Waals surface area contributed by atoms with Gasteiger partial charge in [-0.2, -0.15) is 0 Å². The summed E-state index contributed by atoms with van der Waals surface area (Å²) < 4.78 is 5.17. The van der Waals surface area contributed by atoms with Gasteiger partial charge in [0.2, 0.25) is 5.90 Å². The largest absolute Gasteiger partial charge is 0.423 e. The molecule has 4 nitrogen and oxygen atoms in total. The summed E-state index contributed by atoms with van der Waals surface area (Å²) >= 11 is 5.01. The number of nitrogens with zero attached hydrogens (tertiary/aromatic N) is 1. The molecule has 1 aromatic carbocycles. The molecule has 1 N–H and O–H groups in total. The van der Waals surface area contributed by atoms with Gasteiger partial charge in [-0.1, -0.05) is 23.4 Å². The molecular weight excluding hydrogens is 233 g/mol. The van der Waals surface area contributed by atoms with Crippen LogP contribution < -0.4 is 5.30 Å². The summed E-state index contributed by atoms with van der Waals surface area (Å²) in [6.45, 7) is -1.44. The van der Waals surface area contributed by atoms with Gasteiger partial charge < -0.3 is 14.3 Å². The molecule has 1 rings (SSSR count). The van der Waals surface area contributed by atoms with Crippen molar-refractivity contribution in [2.45, 2.75) is 6.92 Å². The van der Waals surface area contributed by atoms with Crippen LogP contribution in [0.4, 0.5) is 0 Å². The van der Waals surface area contributed by atoms with E-state index in [4.69, 9.17) is 16.3 Å². The van der Waals surface area contributed by atoms with Crippen LogP contribution in [0.15, 0.2) is 35.5 Å². The van der Waals surface area contributed by atoms with Crippen molar-refractivity contribution in [3.63, 3.8) is 0 Å². The van der Waals surface area contributed by atoms with Crippen molar-refractivity contribution in [1.29, 1.82) is 0 Å². The SMILES string of the molecule is CON=C(C)OP(O)(=S)c1ccccc1. The van der Waals surface area contributed by atoms with Gasteiger partial charge in [-0.05, 0) is 23.9 Å². The molecule has 0 fully saturated rings. The molecule has 0 aliphatic rings. The second kappa shape index (κ2) is 5.26. The standard InChI is InChI=1S/C9H12NO3PS/c1-8(10-12-2)13-14(11,15)9-6-4-3-5-7-9/h3-7H,1-2H3,(H,11,15). The predicted octanol–water partition coefficient (Wildman–Crippen LogP) is 1.61. The first-order valence-electron chi connectivity index (χ1n) is 4.22. The van der Waals surface area contributed by atoms with Crippen LogP contribution in [0.25, 0.3) is 0 Å². The van der Waals surface area contributed by atoms with Crippen molar-refractivity contribution < 1.29 is 14.3 Å².